The number of aromatic nitrogens is 1. The van der Waals surface area contributed by atoms with Crippen LogP contribution in [0.15, 0.2) is 59.9 Å². The molecule has 3 aromatic rings. The third-order valence-electron chi connectivity index (χ3n) is 5.28. The minimum atomic E-state index is 0. The molecule has 5 nitrogen and oxygen atoms in total. The zero-order chi connectivity index (χ0) is 19.1. The van der Waals surface area contributed by atoms with Gasteiger partial charge in [-0.25, -0.2) is 5.90 Å². The number of rotatable bonds is 0. The first kappa shape index (κ1) is 22.0. The van der Waals surface area contributed by atoms with E-state index in [2.05, 4.69) is 52.1 Å². The highest BCUT2D eigenvalue weighted by Crippen LogP contribution is 2.25. The van der Waals surface area contributed by atoms with Gasteiger partial charge in [0, 0.05) is 18.3 Å². The monoisotopic (exact) mass is 401 g/mol. The molecule has 0 radical (unpaired) electrons. The van der Waals surface area contributed by atoms with Gasteiger partial charge in [-0.2, -0.15) is 0 Å². The van der Waals surface area contributed by atoms with Crippen molar-refractivity contribution in [3.8, 4) is 0 Å². The van der Waals surface area contributed by atoms with Crippen molar-refractivity contribution < 1.29 is 10.4 Å². The molecule has 0 fully saturated rings. The minimum Gasteiger partial charge on any atom is -0.411 e. The molecule has 1 aliphatic carbocycles. The molecule has 0 saturated carbocycles. The van der Waals surface area contributed by atoms with E-state index < -0.39 is 0 Å². The van der Waals surface area contributed by atoms with Crippen LogP contribution < -0.4 is 5.90 Å². The quantitative estimate of drug-likeness (QED) is 0.368. The van der Waals surface area contributed by atoms with Crippen molar-refractivity contribution in [3.05, 3.63) is 71.4 Å². The number of hydrogen-bond acceptors (Lipinski definition) is 4. The first-order valence-electron chi connectivity index (χ1n) is 9.48. The van der Waals surface area contributed by atoms with E-state index >= 15 is 0 Å². The number of fused-ring (bicyclic) bond motifs is 1. The Bertz CT molecular complexity index is 921. The molecule has 0 bridgehead atoms. The van der Waals surface area contributed by atoms with Gasteiger partial charge in [-0.1, -0.05) is 47.6 Å². The van der Waals surface area contributed by atoms with Gasteiger partial charge in [0.1, 0.15) is 0 Å². The van der Waals surface area contributed by atoms with Gasteiger partial charge in [-0.3, -0.25) is 0 Å². The average Bonchev–Trinajstić information content (AvgIpc) is 3.04. The molecule has 2 heterocycles. The third kappa shape index (κ3) is 4.73. The van der Waals surface area contributed by atoms with Crippen molar-refractivity contribution >= 4 is 29.0 Å². The Labute approximate surface area is 171 Å². The summed E-state index contributed by atoms with van der Waals surface area (Å²) in [6, 6.07) is 17.0. The van der Waals surface area contributed by atoms with Crippen molar-refractivity contribution in [3.63, 3.8) is 0 Å². The van der Waals surface area contributed by atoms with Crippen LogP contribution in [0, 0.1) is 0 Å². The second kappa shape index (κ2) is 10.9. The Balaban J connectivity index is 0.000000179. The molecule has 2 aromatic carbocycles. The predicted octanol–water partition coefficient (Wildman–Crippen LogP) is 4.93. The number of aryl methyl sites for hydroxylation is 3. The van der Waals surface area contributed by atoms with Gasteiger partial charge in [0.2, 0.25) is 0 Å². The Morgan fingerprint density at radius 1 is 0.821 bits per heavy atom. The lowest BCUT2D eigenvalue weighted by atomic mass is 9.90. The fourth-order valence-electron chi connectivity index (χ4n) is 4.03. The number of oxime groups is 1. The fourth-order valence-corrected chi connectivity index (χ4v) is 4.03. The van der Waals surface area contributed by atoms with Crippen LogP contribution in [0.1, 0.15) is 42.4 Å². The van der Waals surface area contributed by atoms with E-state index in [0.717, 1.165) is 30.5 Å². The summed E-state index contributed by atoms with van der Waals surface area (Å²) in [5.41, 5.74) is 6.25. The maximum absolute atomic E-state index is 8.73. The van der Waals surface area contributed by atoms with Gasteiger partial charge in [-0.15, -0.1) is 12.4 Å². The molecule has 1 aliphatic heterocycles. The maximum Gasteiger partial charge on any atom is 0.0870 e. The molecule has 28 heavy (non-hydrogen) atoms. The SMILES string of the molecule is Cl.NO.ON=C1CCCc2ccccc21.c1cc2c3c(c1)ccn3CCCC2. The molecule has 4 N–H and O–H groups in total. The number of nitrogens with two attached hydrogens (primary N) is 1. The van der Waals surface area contributed by atoms with Crippen molar-refractivity contribution in [1.29, 1.82) is 0 Å². The summed E-state index contributed by atoms with van der Waals surface area (Å²) in [6.45, 7) is 1.19. The van der Waals surface area contributed by atoms with Crippen molar-refractivity contribution in [2.24, 2.45) is 11.1 Å². The molecule has 150 valence electrons. The van der Waals surface area contributed by atoms with E-state index in [-0.39, 0.29) is 12.4 Å². The molecule has 0 amide bonds. The summed E-state index contributed by atoms with van der Waals surface area (Å²) < 4.78 is 2.40. The molecule has 2 aliphatic rings. The first-order chi connectivity index (χ1) is 13.4. The van der Waals surface area contributed by atoms with E-state index in [0.29, 0.717) is 0 Å². The Hall–Kier alpha value is -2.34. The zero-order valence-corrected chi connectivity index (χ0v) is 16.7. The second-order valence-corrected chi connectivity index (χ2v) is 6.88. The number of benzene rings is 2. The summed E-state index contributed by atoms with van der Waals surface area (Å²) in [6.07, 6.45) is 9.22. The molecule has 0 spiro atoms. The van der Waals surface area contributed by atoms with E-state index in [1.165, 1.54) is 47.8 Å². The highest BCUT2D eigenvalue weighted by atomic mass is 35.5. The summed E-state index contributed by atoms with van der Waals surface area (Å²) in [5.74, 6) is 3.50. The molecule has 6 heteroatoms. The average molecular weight is 402 g/mol. The highest BCUT2D eigenvalue weighted by Gasteiger charge is 2.14. The van der Waals surface area contributed by atoms with Crippen molar-refractivity contribution in [1.82, 2.24) is 4.57 Å². The summed E-state index contributed by atoms with van der Waals surface area (Å²) >= 11 is 0. The molecule has 0 atom stereocenters. The third-order valence-corrected chi connectivity index (χ3v) is 5.28. The normalized spacial score (nSPS) is 15.9. The summed E-state index contributed by atoms with van der Waals surface area (Å²) in [4.78, 5) is 0. The van der Waals surface area contributed by atoms with E-state index in [9.17, 15) is 0 Å². The smallest absolute Gasteiger partial charge is 0.0870 e. The molecule has 5 rings (SSSR count). The molecule has 1 aromatic heterocycles. The lowest BCUT2D eigenvalue weighted by molar-refractivity contribution is 0.311. The minimum absolute atomic E-state index is 0. The van der Waals surface area contributed by atoms with Crippen molar-refractivity contribution in [2.75, 3.05) is 0 Å². The fraction of sp³-hybridized carbons (Fsp3) is 0.318. The van der Waals surface area contributed by atoms with Crippen LogP contribution in [0.25, 0.3) is 10.9 Å². The number of nitrogens with zero attached hydrogens (tertiary/aromatic N) is 2. The molecule has 0 saturated heterocycles. The van der Waals surface area contributed by atoms with Crippen LogP contribution in [0.3, 0.4) is 0 Å². The maximum atomic E-state index is 8.73. The lowest BCUT2D eigenvalue weighted by Crippen LogP contribution is -2.11. The topological polar surface area (TPSA) is 83.8 Å². The summed E-state index contributed by atoms with van der Waals surface area (Å²) in [5, 5.41) is 19.9. The van der Waals surface area contributed by atoms with Gasteiger partial charge >= 0.3 is 0 Å². The first-order valence-corrected chi connectivity index (χ1v) is 9.48. The second-order valence-electron chi connectivity index (χ2n) is 6.88. The van der Waals surface area contributed by atoms with Crippen LogP contribution in [-0.2, 0) is 19.4 Å². The molecular formula is C22H28ClN3O2. The van der Waals surface area contributed by atoms with Gasteiger partial charge in [0.25, 0.3) is 0 Å². The number of halogens is 1. The van der Waals surface area contributed by atoms with Gasteiger partial charge in [-0.05, 0) is 61.1 Å². The Morgan fingerprint density at radius 2 is 1.57 bits per heavy atom. The lowest BCUT2D eigenvalue weighted by Gasteiger charge is -2.15. The van der Waals surface area contributed by atoms with Crippen LogP contribution in [0.2, 0.25) is 0 Å². The predicted molar refractivity (Wildman–Crippen MR) is 116 cm³/mol. The van der Waals surface area contributed by atoms with E-state index in [1.54, 1.807) is 0 Å². The largest absolute Gasteiger partial charge is 0.411 e. The number of para-hydroxylation sites is 1. The van der Waals surface area contributed by atoms with Gasteiger partial charge < -0.3 is 15.0 Å². The van der Waals surface area contributed by atoms with Gasteiger partial charge in [0.05, 0.1) is 11.2 Å². The van der Waals surface area contributed by atoms with E-state index in [1.807, 2.05) is 18.2 Å². The van der Waals surface area contributed by atoms with Crippen LogP contribution >= 0.6 is 12.4 Å². The summed E-state index contributed by atoms with van der Waals surface area (Å²) in [7, 11) is 0. The van der Waals surface area contributed by atoms with Crippen LogP contribution in [0.4, 0.5) is 0 Å². The van der Waals surface area contributed by atoms with Gasteiger partial charge in [0.15, 0.2) is 0 Å². The standard InChI is InChI=1S/C12H13N.C10H11NO.ClH.H3NO/c1-2-8-13-9-7-11-6-3-5-10(4-1)12(11)13;12-11-10-7-3-5-8-4-1-2-6-9(8)10;;1-2/h3,5-7,9H,1-2,4,8H2;1-2,4,6,12H,3,5,7H2;1H;2H,1H2. The highest BCUT2D eigenvalue weighted by molar-refractivity contribution is 6.02. The Kier molecular flexibility index (Phi) is 8.51. The van der Waals surface area contributed by atoms with Crippen LogP contribution in [0.5, 0.6) is 0 Å². The molecular weight excluding hydrogens is 374 g/mol. The van der Waals surface area contributed by atoms with Crippen molar-refractivity contribution in [2.45, 2.75) is 45.1 Å². The zero-order valence-electron chi connectivity index (χ0n) is 15.9. The van der Waals surface area contributed by atoms with Crippen LogP contribution in [-0.4, -0.2) is 20.7 Å². The van der Waals surface area contributed by atoms with E-state index in [4.69, 9.17) is 10.4 Å². The Morgan fingerprint density at radius 3 is 2.39 bits per heavy atom. The molecule has 0 unspecified atom stereocenters. The number of hydrogen-bond donors (Lipinski definition) is 3.